The van der Waals surface area contributed by atoms with Crippen LogP contribution in [0.15, 0.2) is 36.4 Å². The van der Waals surface area contributed by atoms with Crippen molar-refractivity contribution in [2.75, 3.05) is 0 Å². The van der Waals surface area contributed by atoms with Gasteiger partial charge in [0.2, 0.25) is 11.8 Å². The van der Waals surface area contributed by atoms with E-state index in [2.05, 4.69) is 18.2 Å². The van der Waals surface area contributed by atoms with E-state index in [0.717, 1.165) is 5.56 Å². The molecule has 2 bridgehead atoms. The summed E-state index contributed by atoms with van der Waals surface area (Å²) >= 11 is 0. The minimum Gasteiger partial charge on any atom is -0.278 e. The van der Waals surface area contributed by atoms with Crippen LogP contribution in [0.2, 0.25) is 0 Å². The van der Waals surface area contributed by atoms with Crippen molar-refractivity contribution < 1.29 is 9.59 Å². The number of rotatable bonds is 2. The van der Waals surface area contributed by atoms with Gasteiger partial charge in [-0.05, 0) is 41.7 Å². The second kappa shape index (κ2) is 4.32. The van der Waals surface area contributed by atoms with Crippen LogP contribution in [0.3, 0.4) is 0 Å². The first-order chi connectivity index (χ1) is 11.2. The topological polar surface area (TPSA) is 61.2 Å². The Kier molecular flexibility index (Phi) is 2.45. The van der Waals surface area contributed by atoms with Crippen molar-refractivity contribution in [3.8, 4) is 6.07 Å². The van der Waals surface area contributed by atoms with Crippen LogP contribution in [0, 0.1) is 46.8 Å². The normalized spacial score (nSPS) is 39.2. The Hall–Kier alpha value is -2.41. The van der Waals surface area contributed by atoms with Crippen molar-refractivity contribution in [2.45, 2.75) is 13.0 Å². The summed E-state index contributed by atoms with van der Waals surface area (Å²) in [5.74, 6) is 1.37. The van der Waals surface area contributed by atoms with Crippen LogP contribution in [0.4, 0.5) is 0 Å². The molecular formula is C19H16N2O2. The molecule has 4 heteroatoms. The summed E-state index contributed by atoms with van der Waals surface area (Å²) in [6.45, 7) is 0.225. The van der Waals surface area contributed by atoms with Gasteiger partial charge in [0.15, 0.2) is 0 Å². The summed E-state index contributed by atoms with van der Waals surface area (Å²) in [7, 11) is 0. The molecule has 3 fully saturated rings. The molecule has 114 valence electrons. The van der Waals surface area contributed by atoms with Gasteiger partial charge in [0.1, 0.15) is 0 Å². The number of likely N-dealkylation sites (tertiary alicyclic amines) is 1. The number of nitriles is 1. The summed E-state index contributed by atoms with van der Waals surface area (Å²) in [5.41, 5.74) is 1.28. The van der Waals surface area contributed by atoms with Gasteiger partial charge in [-0.15, -0.1) is 0 Å². The Morgan fingerprint density at radius 1 is 1.04 bits per heavy atom. The number of hydrogen-bond donors (Lipinski definition) is 0. The quantitative estimate of drug-likeness (QED) is 0.621. The Morgan fingerprint density at radius 3 is 2.26 bits per heavy atom. The fourth-order valence-corrected chi connectivity index (χ4v) is 5.11. The molecule has 4 nitrogen and oxygen atoms in total. The number of carbonyl (C=O) groups is 2. The Labute approximate surface area is 134 Å². The minimum atomic E-state index is -0.157. The molecule has 1 saturated heterocycles. The largest absolute Gasteiger partial charge is 0.278 e. The molecule has 6 rings (SSSR count). The summed E-state index contributed by atoms with van der Waals surface area (Å²) in [4.78, 5) is 27.2. The van der Waals surface area contributed by atoms with Crippen molar-refractivity contribution >= 4 is 11.8 Å². The monoisotopic (exact) mass is 304 g/mol. The molecule has 23 heavy (non-hydrogen) atoms. The zero-order valence-corrected chi connectivity index (χ0v) is 12.6. The molecule has 2 saturated carbocycles. The first-order valence-corrected chi connectivity index (χ1v) is 8.22. The lowest BCUT2D eigenvalue weighted by atomic mass is 9.63. The Morgan fingerprint density at radius 2 is 1.65 bits per heavy atom. The van der Waals surface area contributed by atoms with Crippen LogP contribution in [-0.2, 0) is 16.1 Å². The molecule has 5 aliphatic rings. The van der Waals surface area contributed by atoms with Gasteiger partial charge in [0.25, 0.3) is 0 Å². The molecule has 0 spiro atoms. The van der Waals surface area contributed by atoms with Crippen molar-refractivity contribution in [1.82, 2.24) is 4.90 Å². The number of allylic oxidation sites excluding steroid dienone is 2. The summed E-state index contributed by atoms with van der Waals surface area (Å²) < 4.78 is 0. The molecule has 0 aromatic heterocycles. The second-order valence-corrected chi connectivity index (χ2v) is 7.19. The van der Waals surface area contributed by atoms with E-state index >= 15 is 0 Å². The highest BCUT2D eigenvalue weighted by atomic mass is 16.2. The van der Waals surface area contributed by atoms with Gasteiger partial charge >= 0.3 is 0 Å². The number of carbonyl (C=O) groups excluding carboxylic acids is 2. The van der Waals surface area contributed by atoms with Crippen molar-refractivity contribution in [3.63, 3.8) is 0 Å². The molecular weight excluding hydrogens is 288 g/mol. The molecule has 2 amide bonds. The van der Waals surface area contributed by atoms with E-state index in [9.17, 15) is 14.9 Å². The molecule has 0 unspecified atom stereocenters. The van der Waals surface area contributed by atoms with Crippen LogP contribution in [0.1, 0.15) is 17.5 Å². The maximum Gasteiger partial charge on any atom is 0.234 e. The fraction of sp³-hybridized carbons (Fsp3) is 0.421. The van der Waals surface area contributed by atoms with Gasteiger partial charge < -0.3 is 0 Å². The highest BCUT2D eigenvalue weighted by Gasteiger charge is 2.66. The third-order valence-electron chi connectivity index (χ3n) is 6.22. The predicted octanol–water partition coefficient (Wildman–Crippen LogP) is 2.11. The van der Waals surface area contributed by atoms with E-state index in [4.69, 9.17) is 0 Å². The fourth-order valence-electron chi connectivity index (χ4n) is 5.11. The van der Waals surface area contributed by atoms with E-state index in [1.54, 1.807) is 12.1 Å². The van der Waals surface area contributed by atoms with Crippen LogP contribution < -0.4 is 0 Å². The Balaban J connectivity index is 1.49. The maximum absolute atomic E-state index is 12.9. The van der Waals surface area contributed by atoms with E-state index in [1.165, 1.54) is 11.3 Å². The third kappa shape index (κ3) is 1.60. The molecule has 1 aliphatic heterocycles. The van der Waals surface area contributed by atoms with Crippen molar-refractivity contribution in [3.05, 3.63) is 47.5 Å². The van der Waals surface area contributed by atoms with Gasteiger partial charge in [-0.25, -0.2) is 0 Å². The molecule has 6 atom stereocenters. The first-order valence-electron chi connectivity index (χ1n) is 8.22. The Bertz CT molecular complexity index is 770. The molecule has 1 aromatic rings. The lowest BCUT2D eigenvalue weighted by Crippen LogP contribution is -2.40. The van der Waals surface area contributed by atoms with Gasteiger partial charge in [-0.2, -0.15) is 5.26 Å². The van der Waals surface area contributed by atoms with Gasteiger partial charge in [0, 0.05) is 0 Å². The SMILES string of the molecule is N#Cc1ccccc1CN1C(=O)[C@@H]2[C@H]3C=C[C@@H]([C@@H]4C[C@H]34)[C@@H]2C1=O. The molecule has 4 aliphatic carbocycles. The number of imide groups is 1. The van der Waals surface area contributed by atoms with Crippen molar-refractivity contribution in [1.29, 1.82) is 5.26 Å². The molecule has 0 radical (unpaired) electrons. The zero-order valence-electron chi connectivity index (χ0n) is 12.6. The van der Waals surface area contributed by atoms with Gasteiger partial charge in [-0.3, -0.25) is 14.5 Å². The summed E-state index contributed by atoms with van der Waals surface area (Å²) in [6.07, 6.45) is 5.53. The lowest BCUT2D eigenvalue weighted by Gasteiger charge is -2.37. The van der Waals surface area contributed by atoms with E-state index in [-0.39, 0.29) is 42.0 Å². The number of nitrogens with zero attached hydrogens (tertiary/aromatic N) is 2. The van der Waals surface area contributed by atoms with E-state index in [1.807, 2.05) is 12.1 Å². The molecule has 1 heterocycles. The van der Waals surface area contributed by atoms with E-state index in [0.29, 0.717) is 17.4 Å². The maximum atomic E-state index is 12.9. The number of benzene rings is 1. The van der Waals surface area contributed by atoms with Gasteiger partial charge in [-0.1, -0.05) is 30.4 Å². The second-order valence-electron chi connectivity index (χ2n) is 7.19. The smallest absolute Gasteiger partial charge is 0.234 e. The van der Waals surface area contributed by atoms with Crippen LogP contribution >= 0.6 is 0 Å². The van der Waals surface area contributed by atoms with E-state index < -0.39 is 0 Å². The number of amides is 2. The lowest BCUT2D eigenvalue weighted by molar-refractivity contribution is -0.140. The third-order valence-corrected chi connectivity index (χ3v) is 6.22. The zero-order chi connectivity index (χ0) is 15.7. The highest BCUT2D eigenvalue weighted by molar-refractivity contribution is 6.06. The first kappa shape index (κ1) is 13.1. The predicted molar refractivity (Wildman–Crippen MR) is 81.4 cm³/mol. The molecule has 0 N–H and O–H groups in total. The summed E-state index contributed by atoms with van der Waals surface area (Å²) in [6, 6.07) is 9.34. The highest BCUT2D eigenvalue weighted by Crippen LogP contribution is 2.65. The van der Waals surface area contributed by atoms with Crippen LogP contribution in [0.5, 0.6) is 0 Å². The van der Waals surface area contributed by atoms with Crippen LogP contribution in [-0.4, -0.2) is 16.7 Å². The average molecular weight is 304 g/mol. The average Bonchev–Trinajstić information content (AvgIpc) is 3.36. The van der Waals surface area contributed by atoms with Crippen LogP contribution in [0.25, 0.3) is 0 Å². The summed E-state index contributed by atoms with van der Waals surface area (Å²) in [5, 5.41) is 9.22. The molecule has 1 aromatic carbocycles. The number of hydrogen-bond acceptors (Lipinski definition) is 3. The minimum absolute atomic E-state index is 0.0301. The van der Waals surface area contributed by atoms with Crippen molar-refractivity contribution in [2.24, 2.45) is 35.5 Å². The van der Waals surface area contributed by atoms with Gasteiger partial charge in [0.05, 0.1) is 30.0 Å². The standard InChI is InChI=1S/C19H16N2O2/c20-8-10-3-1-2-4-11(10)9-21-18(22)16-12-5-6-13(15-7-14(12)15)17(16)19(21)23/h1-6,12-17H,7,9H2/t12-,13-,14-,15+,16-,17+/m0/s1.